The molecule has 4 aromatic carbocycles. The van der Waals surface area contributed by atoms with Crippen molar-refractivity contribution in [3.05, 3.63) is 113 Å². The summed E-state index contributed by atoms with van der Waals surface area (Å²) in [6.45, 7) is 0.325. The lowest BCUT2D eigenvalue weighted by Crippen LogP contribution is -2.17. The van der Waals surface area contributed by atoms with Crippen molar-refractivity contribution in [2.24, 2.45) is 0 Å². The third-order valence-electron chi connectivity index (χ3n) is 7.12. The molecule has 0 bridgehead atoms. The molecule has 0 spiro atoms. The Morgan fingerprint density at radius 1 is 0.902 bits per heavy atom. The number of aromatic nitrogens is 1. The average Bonchev–Trinajstić information content (AvgIpc) is 3.59. The highest BCUT2D eigenvalue weighted by Crippen LogP contribution is 2.42. The van der Waals surface area contributed by atoms with Gasteiger partial charge in [-0.3, -0.25) is 4.79 Å². The lowest BCUT2D eigenvalue weighted by atomic mass is 9.99. The number of nitrogens with zero attached hydrogens (tertiary/aromatic N) is 2. The number of anilines is 1. The van der Waals surface area contributed by atoms with Crippen LogP contribution in [0, 0.1) is 11.3 Å². The van der Waals surface area contributed by atoms with Crippen LogP contribution in [0.4, 0.5) is 5.69 Å². The summed E-state index contributed by atoms with van der Waals surface area (Å²) < 4.78 is 12.7. The molecule has 1 aliphatic rings. The van der Waals surface area contributed by atoms with Crippen LogP contribution in [0.3, 0.4) is 0 Å². The number of carbonyl (C=O) groups is 2. The van der Waals surface area contributed by atoms with Gasteiger partial charge in [0.15, 0.2) is 17.2 Å². The largest absolute Gasteiger partial charge is 0.477 e. The summed E-state index contributed by atoms with van der Waals surface area (Å²) in [7, 11) is 0. The van der Waals surface area contributed by atoms with E-state index in [0.717, 1.165) is 22.3 Å². The van der Waals surface area contributed by atoms with Crippen LogP contribution in [-0.2, 0) is 17.8 Å². The zero-order chi connectivity index (χ0) is 28.3. The molecule has 0 unspecified atom stereocenters. The Hall–Kier alpha value is -5.55. The fourth-order valence-electron chi connectivity index (χ4n) is 5.24. The van der Waals surface area contributed by atoms with E-state index in [2.05, 4.69) is 11.4 Å². The number of benzene rings is 4. The van der Waals surface area contributed by atoms with Crippen LogP contribution in [0.15, 0.2) is 91.0 Å². The smallest absolute Gasteiger partial charge is 0.354 e. The molecule has 8 nitrogen and oxygen atoms in total. The van der Waals surface area contributed by atoms with Gasteiger partial charge in [-0.2, -0.15) is 5.26 Å². The summed E-state index contributed by atoms with van der Waals surface area (Å²) in [6, 6.07) is 30.0. The van der Waals surface area contributed by atoms with Crippen molar-refractivity contribution in [2.75, 3.05) is 12.1 Å². The maximum atomic E-state index is 13.3. The minimum absolute atomic E-state index is 0.0383. The van der Waals surface area contributed by atoms with Gasteiger partial charge in [-0.15, -0.1) is 0 Å². The van der Waals surface area contributed by atoms with E-state index in [4.69, 9.17) is 9.47 Å². The van der Waals surface area contributed by atoms with Gasteiger partial charge in [0.05, 0.1) is 22.8 Å². The van der Waals surface area contributed by atoms with E-state index in [1.165, 1.54) is 0 Å². The zero-order valence-electron chi connectivity index (χ0n) is 22.0. The number of rotatable bonds is 8. The molecule has 1 amide bonds. The van der Waals surface area contributed by atoms with E-state index < -0.39 is 5.97 Å². The summed E-state index contributed by atoms with van der Waals surface area (Å²) >= 11 is 0. The van der Waals surface area contributed by atoms with Gasteiger partial charge in [-0.25, -0.2) is 4.79 Å². The molecule has 41 heavy (non-hydrogen) atoms. The van der Waals surface area contributed by atoms with Gasteiger partial charge in [0.2, 0.25) is 12.7 Å². The molecule has 202 valence electrons. The first-order valence-electron chi connectivity index (χ1n) is 13.1. The summed E-state index contributed by atoms with van der Waals surface area (Å²) in [5, 5.41) is 23.4. The minimum atomic E-state index is -1.17. The fourth-order valence-corrected chi connectivity index (χ4v) is 5.24. The molecule has 0 atom stereocenters. The van der Waals surface area contributed by atoms with Crippen LogP contribution in [0.5, 0.6) is 11.5 Å². The molecule has 2 heterocycles. The van der Waals surface area contributed by atoms with Crippen molar-refractivity contribution in [3.63, 3.8) is 0 Å². The molecule has 8 heteroatoms. The number of fused-ring (bicyclic) bond motifs is 2. The number of nitrogens with one attached hydrogen (secondary N) is 1. The molecule has 0 saturated carbocycles. The second-order valence-electron chi connectivity index (χ2n) is 9.73. The first kappa shape index (κ1) is 25.7. The summed E-state index contributed by atoms with van der Waals surface area (Å²) in [6.07, 6.45) is 0.704. The number of amides is 1. The SMILES string of the molecule is N#Cc1cccc(Cn2c(C(=O)O)c(NC(=O)CCc3ccccc3)c3c(-c4ccc5c(c4)OCO5)cccc32)c1. The fraction of sp³-hybridized carbons (Fsp3) is 0.121. The highest BCUT2D eigenvalue weighted by molar-refractivity contribution is 6.15. The first-order chi connectivity index (χ1) is 20.0. The number of carbonyl (C=O) groups excluding carboxylic acids is 1. The number of nitriles is 1. The average molecular weight is 544 g/mol. The van der Waals surface area contributed by atoms with E-state index >= 15 is 0 Å². The predicted octanol–water partition coefficient (Wildman–Crippen LogP) is 6.23. The molecule has 0 radical (unpaired) electrons. The van der Waals surface area contributed by atoms with E-state index in [-0.39, 0.29) is 37.0 Å². The van der Waals surface area contributed by atoms with Crippen molar-refractivity contribution in [2.45, 2.75) is 19.4 Å². The summed E-state index contributed by atoms with van der Waals surface area (Å²) in [5.41, 5.74) is 4.62. The number of ether oxygens (including phenoxy) is 2. The molecule has 1 aromatic heterocycles. The molecule has 6 rings (SSSR count). The summed E-state index contributed by atoms with van der Waals surface area (Å²) in [4.78, 5) is 26.1. The molecule has 2 N–H and O–H groups in total. The zero-order valence-corrected chi connectivity index (χ0v) is 22.0. The van der Waals surface area contributed by atoms with Crippen molar-refractivity contribution in [3.8, 4) is 28.7 Å². The van der Waals surface area contributed by atoms with Gasteiger partial charge in [-0.05, 0) is 59.0 Å². The predicted molar refractivity (Wildman–Crippen MR) is 154 cm³/mol. The molecule has 1 aliphatic heterocycles. The van der Waals surface area contributed by atoms with Gasteiger partial charge in [0.25, 0.3) is 0 Å². The Kier molecular flexibility index (Phi) is 6.84. The van der Waals surface area contributed by atoms with E-state index in [1.807, 2.05) is 72.8 Å². The number of hydrogen-bond donors (Lipinski definition) is 2. The highest BCUT2D eigenvalue weighted by atomic mass is 16.7. The maximum Gasteiger partial charge on any atom is 0.354 e. The third-order valence-corrected chi connectivity index (χ3v) is 7.12. The van der Waals surface area contributed by atoms with Crippen LogP contribution >= 0.6 is 0 Å². The summed E-state index contributed by atoms with van der Waals surface area (Å²) in [5.74, 6) is -0.231. The second-order valence-corrected chi connectivity index (χ2v) is 9.73. The minimum Gasteiger partial charge on any atom is -0.477 e. The van der Waals surface area contributed by atoms with Crippen LogP contribution in [-0.4, -0.2) is 28.3 Å². The Balaban J connectivity index is 1.49. The number of aryl methyl sites for hydroxylation is 1. The lowest BCUT2D eigenvalue weighted by molar-refractivity contribution is -0.116. The van der Waals surface area contributed by atoms with Crippen LogP contribution in [0.2, 0.25) is 0 Å². The van der Waals surface area contributed by atoms with Gasteiger partial charge >= 0.3 is 5.97 Å². The lowest BCUT2D eigenvalue weighted by Gasteiger charge is -2.10. The Labute approximate surface area is 236 Å². The molecule has 0 aliphatic carbocycles. The Morgan fingerprint density at radius 3 is 2.49 bits per heavy atom. The van der Waals surface area contributed by atoms with Crippen molar-refractivity contribution in [1.82, 2.24) is 4.57 Å². The molecule has 5 aromatic rings. The third kappa shape index (κ3) is 5.09. The van der Waals surface area contributed by atoms with Gasteiger partial charge < -0.3 is 24.5 Å². The highest BCUT2D eigenvalue weighted by Gasteiger charge is 2.27. The van der Waals surface area contributed by atoms with E-state index in [1.54, 1.807) is 22.8 Å². The van der Waals surface area contributed by atoms with Crippen LogP contribution in [0.25, 0.3) is 22.0 Å². The molecule has 0 fully saturated rings. The monoisotopic (exact) mass is 543 g/mol. The molecule has 0 saturated heterocycles. The number of hydrogen-bond acceptors (Lipinski definition) is 5. The normalized spacial score (nSPS) is 11.8. The van der Waals surface area contributed by atoms with Gasteiger partial charge in [0.1, 0.15) is 0 Å². The first-order valence-corrected chi connectivity index (χ1v) is 13.1. The van der Waals surface area contributed by atoms with Crippen LogP contribution in [0.1, 0.15) is 33.6 Å². The maximum absolute atomic E-state index is 13.3. The van der Waals surface area contributed by atoms with E-state index in [9.17, 15) is 20.0 Å². The topological polar surface area (TPSA) is 114 Å². The van der Waals surface area contributed by atoms with Crippen LogP contribution < -0.4 is 14.8 Å². The quantitative estimate of drug-likeness (QED) is 0.240. The number of carboxylic acids is 1. The van der Waals surface area contributed by atoms with Crippen molar-refractivity contribution in [1.29, 1.82) is 5.26 Å². The number of aromatic carboxylic acids is 1. The Morgan fingerprint density at radius 2 is 1.68 bits per heavy atom. The van der Waals surface area contributed by atoms with Gasteiger partial charge in [-0.1, -0.05) is 60.7 Å². The Bertz CT molecular complexity index is 1840. The van der Waals surface area contributed by atoms with E-state index in [0.29, 0.717) is 34.4 Å². The second kappa shape index (κ2) is 10.9. The molecular formula is C33H25N3O5. The molecular weight excluding hydrogens is 518 g/mol. The van der Waals surface area contributed by atoms with Gasteiger partial charge in [0, 0.05) is 18.4 Å². The van der Waals surface area contributed by atoms with Crippen molar-refractivity contribution >= 4 is 28.5 Å². The van der Waals surface area contributed by atoms with Crippen molar-refractivity contribution < 1.29 is 24.2 Å². The number of carboxylic acid groups (broad SMARTS) is 1. The standard InChI is InChI=1S/C33H25N3O5/c34-18-22-8-4-9-23(16-22)19-36-26-11-5-10-25(24-13-14-27-28(17-24)41-20-40-27)30(26)31(32(36)33(38)39)35-29(37)15-12-21-6-2-1-3-7-21/h1-11,13-14,16-17H,12,15,19-20H2,(H,35,37)(H,38,39).